The first-order valence-corrected chi connectivity index (χ1v) is 9.05. The first-order chi connectivity index (χ1) is 13.4. The van der Waals surface area contributed by atoms with Gasteiger partial charge in [0.1, 0.15) is 23.2 Å². The number of amides is 1. The van der Waals surface area contributed by atoms with Crippen LogP contribution in [0.1, 0.15) is 35.9 Å². The highest BCUT2D eigenvalue weighted by atomic mass is 19.4. The lowest BCUT2D eigenvalue weighted by atomic mass is 9.92. The number of hydrogen-bond acceptors (Lipinski definition) is 3. The van der Waals surface area contributed by atoms with E-state index in [1.54, 1.807) is 0 Å². The molecule has 1 aromatic heterocycles. The molecule has 28 heavy (non-hydrogen) atoms. The lowest BCUT2D eigenvalue weighted by Crippen LogP contribution is -2.32. The molecule has 148 valence electrons. The maximum atomic E-state index is 13.7. The van der Waals surface area contributed by atoms with E-state index < -0.39 is 24.5 Å². The van der Waals surface area contributed by atoms with Crippen molar-refractivity contribution in [1.29, 1.82) is 0 Å². The second kappa shape index (κ2) is 7.07. The molecule has 1 saturated carbocycles. The Morgan fingerprint density at radius 1 is 1.25 bits per heavy atom. The van der Waals surface area contributed by atoms with Crippen molar-refractivity contribution in [2.45, 2.75) is 30.9 Å². The molecule has 1 fully saturated rings. The smallest absolute Gasteiger partial charge is 0.398 e. The number of nitrogens with one attached hydrogen (secondary N) is 1. The summed E-state index contributed by atoms with van der Waals surface area (Å²) in [7, 11) is 0. The van der Waals surface area contributed by atoms with Gasteiger partial charge >= 0.3 is 6.18 Å². The Labute approximate surface area is 158 Å². The molecule has 1 aliphatic heterocycles. The summed E-state index contributed by atoms with van der Waals surface area (Å²) >= 11 is 0. The number of benzene rings is 1. The van der Waals surface area contributed by atoms with Crippen LogP contribution in [0.4, 0.5) is 17.6 Å². The third kappa shape index (κ3) is 3.55. The molecular formula is C20H18F4N2O2. The Morgan fingerprint density at radius 3 is 2.57 bits per heavy atom. The number of rotatable bonds is 6. The molecule has 2 atom stereocenters. The maximum Gasteiger partial charge on any atom is 0.398 e. The first-order valence-electron chi connectivity index (χ1n) is 9.05. The van der Waals surface area contributed by atoms with Crippen LogP contribution in [-0.2, 0) is 4.79 Å². The maximum absolute atomic E-state index is 13.7. The van der Waals surface area contributed by atoms with E-state index in [0.717, 1.165) is 12.8 Å². The minimum Gasteiger partial charge on any atom is -0.490 e. The van der Waals surface area contributed by atoms with E-state index >= 15 is 0 Å². The van der Waals surface area contributed by atoms with Gasteiger partial charge in [-0.05, 0) is 49.1 Å². The molecule has 2 aromatic rings. The SMILES string of the molecule is O=CNCC(c1cc2c(c(-c3ccc(F)cc3)n1)OCC2C1CC1)C(F)(F)F. The standard InChI is InChI=1S/C20H18F4N2O2/c21-13-5-3-12(4-6-13)18-19-14(15(9-28-19)11-1-2-11)7-17(26-18)16(8-25-10-27)20(22,23)24/h3-7,10-11,15-16H,1-2,8-9H2,(H,25,27). The van der Waals surface area contributed by atoms with Crippen molar-refractivity contribution in [2.75, 3.05) is 13.2 Å². The van der Waals surface area contributed by atoms with Crippen LogP contribution in [-0.4, -0.2) is 30.7 Å². The zero-order valence-electron chi connectivity index (χ0n) is 14.8. The quantitative estimate of drug-likeness (QED) is 0.591. The summed E-state index contributed by atoms with van der Waals surface area (Å²) in [4.78, 5) is 14.8. The van der Waals surface area contributed by atoms with Gasteiger partial charge < -0.3 is 10.1 Å². The summed E-state index contributed by atoms with van der Waals surface area (Å²) in [5, 5.41) is 2.11. The number of nitrogens with zero attached hydrogens (tertiary/aromatic N) is 1. The Balaban J connectivity index is 1.84. The van der Waals surface area contributed by atoms with Gasteiger partial charge in [-0.2, -0.15) is 13.2 Å². The van der Waals surface area contributed by atoms with Crippen LogP contribution >= 0.6 is 0 Å². The largest absolute Gasteiger partial charge is 0.490 e. The average Bonchev–Trinajstić information content (AvgIpc) is 3.40. The number of fused-ring (bicyclic) bond motifs is 1. The van der Waals surface area contributed by atoms with Crippen molar-refractivity contribution in [3.05, 3.63) is 47.4 Å². The summed E-state index contributed by atoms with van der Waals surface area (Å²) in [6.45, 7) is -0.195. The van der Waals surface area contributed by atoms with Crippen LogP contribution < -0.4 is 10.1 Å². The van der Waals surface area contributed by atoms with Crippen LogP contribution in [0.5, 0.6) is 5.75 Å². The molecule has 0 radical (unpaired) electrons. The van der Waals surface area contributed by atoms with Crippen LogP contribution in [0.25, 0.3) is 11.3 Å². The Morgan fingerprint density at radius 2 is 1.96 bits per heavy atom. The van der Waals surface area contributed by atoms with Crippen molar-refractivity contribution in [3.63, 3.8) is 0 Å². The lowest BCUT2D eigenvalue weighted by molar-refractivity contribution is -0.150. The highest BCUT2D eigenvalue weighted by Gasteiger charge is 2.44. The zero-order valence-corrected chi connectivity index (χ0v) is 14.8. The van der Waals surface area contributed by atoms with Crippen LogP contribution in [0.2, 0.25) is 0 Å². The minimum absolute atomic E-state index is 0.0314. The van der Waals surface area contributed by atoms with E-state index in [-0.39, 0.29) is 23.7 Å². The van der Waals surface area contributed by atoms with E-state index in [0.29, 0.717) is 29.4 Å². The lowest BCUT2D eigenvalue weighted by Gasteiger charge is -2.21. The van der Waals surface area contributed by atoms with Gasteiger partial charge in [0, 0.05) is 23.6 Å². The number of hydrogen-bond donors (Lipinski definition) is 1. The number of halogens is 4. The van der Waals surface area contributed by atoms with Gasteiger partial charge in [-0.3, -0.25) is 4.79 Å². The van der Waals surface area contributed by atoms with Gasteiger partial charge in [0.2, 0.25) is 6.41 Å². The van der Waals surface area contributed by atoms with E-state index in [1.165, 1.54) is 30.3 Å². The molecule has 8 heteroatoms. The molecular weight excluding hydrogens is 376 g/mol. The molecule has 1 aromatic carbocycles. The number of pyridine rings is 1. The fourth-order valence-electron chi connectivity index (χ4n) is 3.69. The number of aromatic nitrogens is 1. The van der Waals surface area contributed by atoms with E-state index in [1.807, 2.05) is 0 Å². The third-order valence-electron chi connectivity index (χ3n) is 5.29. The predicted octanol–water partition coefficient (Wildman–Crippen LogP) is 4.17. The predicted molar refractivity (Wildman–Crippen MR) is 93.5 cm³/mol. The molecule has 4 nitrogen and oxygen atoms in total. The van der Waals surface area contributed by atoms with Crippen molar-refractivity contribution >= 4 is 6.41 Å². The van der Waals surface area contributed by atoms with Crippen LogP contribution in [0, 0.1) is 11.7 Å². The van der Waals surface area contributed by atoms with Crippen LogP contribution in [0.3, 0.4) is 0 Å². The third-order valence-corrected chi connectivity index (χ3v) is 5.29. The van der Waals surface area contributed by atoms with E-state index in [2.05, 4.69) is 10.3 Å². The van der Waals surface area contributed by atoms with Gasteiger partial charge in [0.15, 0.2) is 0 Å². The first kappa shape index (κ1) is 18.7. The topological polar surface area (TPSA) is 51.2 Å². The summed E-state index contributed by atoms with van der Waals surface area (Å²) < 4.78 is 60.1. The van der Waals surface area contributed by atoms with Gasteiger partial charge in [0.25, 0.3) is 0 Å². The van der Waals surface area contributed by atoms with Gasteiger partial charge in [-0.15, -0.1) is 0 Å². The number of ether oxygens (including phenoxy) is 1. The summed E-state index contributed by atoms with van der Waals surface area (Å²) in [5.74, 6) is -1.49. The molecule has 0 bridgehead atoms. The van der Waals surface area contributed by atoms with Gasteiger partial charge in [0.05, 0.1) is 12.3 Å². The molecule has 4 rings (SSSR count). The van der Waals surface area contributed by atoms with E-state index in [4.69, 9.17) is 4.74 Å². The van der Waals surface area contributed by atoms with Gasteiger partial charge in [-0.1, -0.05) is 0 Å². The summed E-state index contributed by atoms with van der Waals surface area (Å²) in [5.41, 5.74) is 1.31. The second-order valence-corrected chi connectivity index (χ2v) is 7.20. The van der Waals surface area contributed by atoms with Crippen molar-refractivity contribution in [3.8, 4) is 17.0 Å². The molecule has 0 spiro atoms. The second-order valence-electron chi connectivity index (χ2n) is 7.20. The minimum atomic E-state index is -4.58. The summed E-state index contributed by atoms with van der Waals surface area (Å²) in [6.07, 6.45) is -2.30. The van der Waals surface area contributed by atoms with Crippen molar-refractivity contribution in [1.82, 2.24) is 10.3 Å². The monoisotopic (exact) mass is 394 g/mol. The fraction of sp³-hybridized carbons (Fsp3) is 0.400. The number of carbonyl (C=O) groups is 1. The molecule has 1 N–H and O–H groups in total. The average molecular weight is 394 g/mol. The highest BCUT2D eigenvalue weighted by molar-refractivity contribution is 5.70. The Kier molecular flexibility index (Phi) is 4.72. The Hall–Kier alpha value is -2.64. The summed E-state index contributed by atoms with van der Waals surface area (Å²) in [6, 6.07) is 6.88. The molecule has 1 aliphatic carbocycles. The normalized spacial score (nSPS) is 19.6. The number of alkyl halides is 3. The molecule has 1 amide bonds. The Bertz CT molecular complexity index is 879. The highest BCUT2D eigenvalue weighted by Crippen LogP contribution is 2.51. The van der Waals surface area contributed by atoms with E-state index in [9.17, 15) is 22.4 Å². The molecule has 2 heterocycles. The molecule has 2 aliphatic rings. The van der Waals surface area contributed by atoms with Crippen LogP contribution in [0.15, 0.2) is 30.3 Å². The van der Waals surface area contributed by atoms with Crippen molar-refractivity contribution < 1.29 is 27.1 Å². The van der Waals surface area contributed by atoms with Crippen molar-refractivity contribution in [2.24, 2.45) is 5.92 Å². The molecule has 2 unspecified atom stereocenters. The number of carbonyl (C=O) groups excluding carboxylic acids is 1. The fourth-order valence-corrected chi connectivity index (χ4v) is 3.69. The zero-order chi connectivity index (χ0) is 19.9. The molecule has 0 saturated heterocycles. The van der Waals surface area contributed by atoms with Gasteiger partial charge in [-0.25, -0.2) is 9.37 Å².